The average Bonchev–Trinajstić information content (AvgIpc) is 3.13. The Morgan fingerprint density at radius 2 is 1.03 bits per heavy atom. The first-order valence-electron chi connectivity index (χ1n) is 11.9. The third-order valence-electron chi connectivity index (χ3n) is 7.56. The molecule has 0 fully saturated rings. The van der Waals surface area contributed by atoms with Gasteiger partial charge in [0.25, 0.3) is 0 Å². The van der Waals surface area contributed by atoms with Gasteiger partial charge in [-0.05, 0) is 73.8 Å². The summed E-state index contributed by atoms with van der Waals surface area (Å²) in [4.78, 5) is 0. The van der Waals surface area contributed by atoms with Crippen molar-refractivity contribution in [3.05, 3.63) is 154 Å². The van der Waals surface area contributed by atoms with Crippen LogP contribution in [0.15, 0.2) is 115 Å². The molecule has 0 atom stereocenters. The van der Waals surface area contributed by atoms with E-state index in [1.807, 2.05) is 24.3 Å². The minimum atomic E-state index is -0.411. The fourth-order valence-electron chi connectivity index (χ4n) is 6.07. The van der Waals surface area contributed by atoms with Crippen molar-refractivity contribution in [2.75, 3.05) is 0 Å². The second kappa shape index (κ2) is 7.42. The predicted octanol–water partition coefficient (Wildman–Crippen LogP) is 8.07. The molecule has 0 amide bonds. The van der Waals surface area contributed by atoms with Gasteiger partial charge in [0.05, 0.1) is 17.0 Å². The molecule has 1 nitrogen and oxygen atoms in total. The van der Waals surface area contributed by atoms with Crippen molar-refractivity contribution in [3.8, 4) is 28.3 Å². The molecule has 1 spiro atoms. The van der Waals surface area contributed by atoms with Crippen LogP contribution in [-0.2, 0) is 5.41 Å². The van der Waals surface area contributed by atoms with Crippen molar-refractivity contribution in [3.63, 3.8) is 0 Å². The first-order valence-corrected chi connectivity index (χ1v) is 11.9. The van der Waals surface area contributed by atoms with Crippen LogP contribution in [0.5, 0.6) is 0 Å². The summed E-state index contributed by atoms with van der Waals surface area (Å²) in [6.07, 6.45) is 4.52. The van der Waals surface area contributed by atoms with Crippen molar-refractivity contribution in [1.82, 2.24) is 0 Å². The van der Waals surface area contributed by atoms with E-state index in [-0.39, 0.29) is 0 Å². The van der Waals surface area contributed by atoms with Gasteiger partial charge < -0.3 is 0 Å². The summed E-state index contributed by atoms with van der Waals surface area (Å²) in [5.41, 5.74) is 12.9. The van der Waals surface area contributed by atoms with Gasteiger partial charge in [-0.15, -0.1) is 0 Å². The lowest BCUT2D eigenvalue weighted by Gasteiger charge is -2.35. The highest BCUT2D eigenvalue weighted by Gasteiger charge is 2.48. The Kier molecular flexibility index (Phi) is 4.19. The molecule has 0 radical (unpaired) electrons. The minimum Gasteiger partial charge on any atom is -0.192 e. The third kappa shape index (κ3) is 2.68. The molecule has 0 aromatic heterocycles. The van der Waals surface area contributed by atoms with Gasteiger partial charge in [-0.1, -0.05) is 109 Å². The maximum atomic E-state index is 9.25. The van der Waals surface area contributed by atoms with E-state index in [0.717, 1.165) is 11.1 Å². The smallest absolute Gasteiger partial charge is 0.0991 e. The molecular weight excluding hydrogens is 422 g/mol. The molecule has 0 saturated heterocycles. The van der Waals surface area contributed by atoms with Gasteiger partial charge in [-0.3, -0.25) is 0 Å². The molecule has 0 N–H and O–H groups in total. The molecule has 0 saturated carbocycles. The van der Waals surface area contributed by atoms with Gasteiger partial charge >= 0.3 is 0 Å². The quantitative estimate of drug-likeness (QED) is 0.252. The third-order valence-corrected chi connectivity index (χ3v) is 7.56. The van der Waals surface area contributed by atoms with Gasteiger partial charge in [0, 0.05) is 0 Å². The van der Waals surface area contributed by atoms with Crippen LogP contribution in [0.4, 0.5) is 0 Å². The maximum absolute atomic E-state index is 9.25. The zero-order valence-corrected chi connectivity index (χ0v) is 19.1. The highest BCUT2D eigenvalue weighted by atomic mass is 14.5. The molecule has 2 aliphatic rings. The molecule has 0 aliphatic heterocycles. The normalized spacial score (nSPS) is 13.8. The zero-order chi connectivity index (χ0) is 23.4. The molecule has 0 bridgehead atoms. The highest BCUT2D eigenvalue weighted by Crippen LogP contribution is 2.58. The Balaban J connectivity index is 1.61. The van der Waals surface area contributed by atoms with E-state index < -0.39 is 5.41 Å². The lowest BCUT2D eigenvalue weighted by molar-refractivity contribution is 0.766. The van der Waals surface area contributed by atoms with Crippen LogP contribution in [0.3, 0.4) is 0 Å². The number of benzene rings is 5. The van der Waals surface area contributed by atoms with Crippen LogP contribution in [0, 0.1) is 11.3 Å². The molecule has 0 heterocycles. The number of hydrogen-bond acceptors (Lipinski definition) is 1. The monoisotopic (exact) mass is 443 g/mol. The summed E-state index contributed by atoms with van der Waals surface area (Å²) in [5.74, 6) is 0. The van der Waals surface area contributed by atoms with Crippen molar-refractivity contribution >= 4 is 12.2 Å². The molecule has 5 aromatic rings. The number of nitrogens with zero attached hydrogens (tertiary/aromatic N) is 1. The average molecular weight is 444 g/mol. The number of hydrogen-bond donors (Lipinski definition) is 0. The number of rotatable bonds is 1. The van der Waals surface area contributed by atoms with E-state index in [1.165, 1.54) is 44.5 Å². The molecule has 1 heteroatoms. The predicted molar refractivity (Wildman–Crippen MR) is 143 cm³/mol. The zero-order valence-electron chi connectivity index (χ0n) is 19.1. The van der Waals surface area contributed by atoms with Crippen LogP contribution in [-0.4, -0.2) is 0 Å². The molecular formula is C34H21N. The first kappa shape index (κ1) is 19.8. The van der Waals surface area contributed by atoms with E-state index in [9.17, 15) is 5.26 Å². The summed E-state index contributed by atoms with van der Waals surface area (Å²) >= 11 is 0. The Morgan fingerprint density at radius 3 is 1.69 bits per heavy atom. The second-order valence-electron chi connectivity index (χ2n) is 9.25. The summed E-state index contributed by atoms with van der Waals surface area (Å²) < 4.78 is 0. The van der Waals surface area contributed by atoms with E-state index in [0.29, 0.717) is 5.56 Å². The van der Waals surface area contributed by atoms with E-state index in [1.54, 1.807) is 0 Å². The van der Waals surface area contributed by atoms with Crippen molar-refractivity contribution in [1.29, 1.82) is 5.26 Å². The molecule has 2 aliphatic carbocycles. The fraction of sp³-hybridized carbons (Fsp3) is 0.0294. The number of fused-ring (bicyclic) bond motifs is 9. The summed E-state index contributed by atoms with van der Waals surface area (Å²) in [7, 11) is 0. The van der Waals surface area contributed by atoms with Crippen molar-refractivity contribution < 1.29 is 0 Å². The van der Waals surface area contributed by atoms with Crippen LogP contribution in [0.25, 0.3) is 34.4 Å². The van der Waals surface area contributed by atoms with Gasteiger partial charge in [-0.25, -0.2) is 0 Å². The van der Waals surface area contributed by atoms with Gasteiger partial charge in [0.2, 0.25) is 0 Å². The Bertz CT molecular complexity index is 1650. The van der Waals surface area contributed by atoms with Crippen LogP contribution < -0.4 is 0 Å². The first-order chi connectivity index (χ1) is 17.3. The van der Waals surface area contributed by atoms with Crippen molar-refractivity contribution in [2.24, 2.45) is 0 Å². The maximum Gasteiger partial charge on any atom is 0.0991 e. The number of nitriles is 1. The summed E-state index contributed by atoms with van der Waals surface area (Å²) in [5, 5.41) is 9.25. The second-order valence-corrected chi connectivity index (χ2v) is 9.25. The van der Waals surface area contributed by atoms with E-state index >= 15 is 0 Å². The van der Waals surface area contributed by atoms with E-state index in [2.05, 4.69) is 109 Å². The van der Waals surface area contributed by atoms with Crippen LogP contribution >= 0.6 is 0 Å². The fourth-order valence-corrected chi connectivity index (χ4v) is 6.07. The standard InChI is InChI=1S/C34H21N/c35-22-23-13-15-24(16-14-23)27-19-20-29-28-9-3-6-12-32(28)34(33(29)21-27)30-10-4-1-7-25(30)17-18-26-8-2-5-11-31(26)34/h1-21H. The van der Waals surface area contributed by atoms with Crippen LogP contribution in [0.2, 0.25) is 0 Å². The molecule has 162 valence electrons. The minimum absolute atomic E-state index is 0.411. The summed E-state index contributed by atoms with van der Waals surface area (Å²) in [6, 6.07) is 43.5. The molecule has 7 rings (SSSR count). The topological polar surface area (TPSA) is 23.8 Å². The van der Waals surface area contributed by atoms with Gasteiger partial charge in [0.1, 0.15) is 0 Å². The van der Waals surface area contributed by atoms with E-state index in [4.69, 9.17) is 0 Å². The largest absolute Gasteiger partial charge is 0.192 e. The van der Waals surface area contributed by atoms with Crippen LogP contribution in [0.1, 0.15) is 38.9 Å². The molecule has 5 aromatic carbocycles. The SMILES string of the molecule is N#Cc1ccc(-c2ccc3c(c2)C2(c4ccccc4C=Cc4ccccc42)c2ccccc2-3)cc1. The summed E-state index contributed by atoms with van der Waals surface area (Å²) in [6.45, 7) is 0. The molecule has 0 unspecified atom stereocenters. The Morgan fingerprint density at radius 1 is 0.486 bits per heavy atom. The Labute approximate surface area is 205 Å². The van der Waals surface area contributed by atoms with Gasteiger partial charge in [-0.2, -0.15) is 5.26 Å². The van der Waals surface area contributed by atoms with Gasteiger partial charge in [0.15, 0.2) is 0 Å². The molecule has 35 heavy (non-hydrogen) atoms. The lowest BCUT2D eigenvalue weighted by Crippen LogP contribution is -2.29. The van der Waals surface area contributed by atoms with Crippen molar-refractivity contribution in [2.45, 2.75) is 5.41 Å². The highest BCUT2D eigenvalue weighted by molar-refractivity contribution is 5.92. The Hall–Kier alpha value is -4.67. The lowest BCUT2D eigenvalue weighted by atomic mass is 9.66.